The van der Waals surface area contributed by atoms with E-state index in [9.17, 15) is 0 Å². The topological polar surface area (TPSA) is 39.1 Å². The monoisotopic (exact) mass is 371 g/mol. The zero-order chi connectivity index (χ0) is 15.4. The number of halogens is 2. The molecule has 1 heterocycles. The molecular formula is C15H19BrClN3O. The van der Waals surface area contributed by atoms with E-state index in [0.717, 1.165) is 34.4 Å². The third-order valence-corrected chi connectivity index (χ3v) is 3.96. The maximum atomic E-state index is 6.18. The third-order valence-electron chi connectivity index (χ3n) is 3.28. The minimum Gasteiger partial charge on any atom is -0.493 e. The Hall–Kier alpha value is -1.04. The number of aromatic nitrogens is 2. The van der Waals surface area contributed by atoms with Gasteiger partial charge in [-0.15, -0.1) is 0 Å². The normalized spacial score (nSPS) is 12.4. The SMILES string of the molecule is CCCn1ncc(OC)c1C(NC)c1cc(Cl)cc(Br)c1. The second-order valence-corrected chi connectivity index (χ2v) is 6.10. The molecule has 0 aliphatic rings. The second kappa shape index (κ2) is 7.29. The van der Waals surface area contributed by atoms with Gasteiger partial charge in [0, 0.05) is 16.0 Å². The summed E-state index contributed by atoms with van der Waals surface area (Å²) >= 11 is 9.67. The summed E-state index contributed by atoms with van der Waals surface area (Å²) in [5.41, 5.74) is 2.07. The number of nitrogens with one attached hydrogen (secondary N) is 1. The van der Waals surface area contributed by atoms with Crippen LogP contribution in [0.2, 0.25) is 5.02 Å². The van der Waals surface area contributed by atoms with Crippen LogP contribution in [0, 0.1) is 0 Å². The van der Waals surface area contributed by atoms with E-state index in [1.807, 2.05) is 23.9 Å². The molecule has 2 rings (SSSR count). The smallest absolute Gasteiger partial charge is 0.161 e. The zero-order valence-corrected chi connectivity index (χ0v) is 14.7. The molecule has 1 aromatic heterocycles. The molecule has 0 radical (unpaired) electrons. The van der Waals surface area contributed by atoms with Gasteiger partial charge in [-0.1, -0.05) is 34.5 Å². The molecule has 1 aromatic carbocycles. The van der Waals surface area contributed by atoms with Crippen molar-refractivity contribution in [2.45, 2.75) is 25.9 Å². The van der Waals surface area contributed by atoms with Crippen molar-refractivity contribution < 1.29 is 4.74 Å². The number of rotatable bonds is 6. The predicted molar refractivity (Wildman–Crippen MR) is 89.1 cm³/mol. The molecule has 2 aromatic rings. The second-order valence-electron chi connectivity index (χ2n) is 4.75. The Bertz CT molecular complexity index is 595. The molecule has 21 heavy (non-hydrogen) atoms. The van der Waals surface area contributed by atoms with Crippen molar-refractivity contribution in [2.24, 2.45) is 0 Å². The Labute approximate surface area is 138 Å². The van der Waals surface area contributed by atoms with Crippen LogP contribution in [-0.2, 0) is 6.54 Å². The Morgan fingerprint density at radius 1 is 1.43 bits per heavy atom. The molecule has 0 aliphatic heterocycles. The van der Waals surface area contributed by atoms with Crippen molar-refractivity contribution >= 4 is 27.5 Å². The molecule has 0 saturated heterocycles. The molecule has 1 atom stereocenters. The van der Waals surface area contributed by atoms with Gasteiger partial charge in [0.25, 0.3) is 0 Å². The van der Waals surface area contributed by atoms with Crippen molar-refractivity contribution in [3.63, 3.8) is 0 Å². The fourth-order valence-electron chi connectivity index (χ4n) is 2.42. The molecular weight excluding hydrogens is 354 g/mol. The number of benzene rings is 1. The lowest BCUT2D eigenvalue weighted by atomic mass is 10.0. The van der Waals surface area contributed by atoms with Gasteiger partial charge in [0.2, 0.25) is 0 Å². The van der Waals surface area contributed by atoms with Gasteiger partial charge in [-0.2, -0.15) is 5.10 Å². The van der Waals surface area contributed by atoms with Gasteiger partial charge in [-0.25, -0.2) is 0 Å². The standard InChI is InChI=1S/C15H19BrClN3O/c1-4-5-20-15(13(21-3)9-19-20)14(18-2)10-6-11(16)8-12(17)7-10/h6-9,14,18H,4-5H2,1-3H3. The molecule has 114 valence electrons. The highest BCUT2D eigenvalue weighted by molar-refractivity contribution is 9.10. The van der Waals surface area contributed by atoms with Gasteiger partial charge >= 0.3 is 0 Å². The lowest BCUT2D eigenvalue weighted by Gasteiger charge is -2.20. The summed E-state index contributed by atoms with van der Waals surface area (Å²) in [6.07, 6.45) is 2.77. The van der Waals surface area contributed by atoms with Crippen LogP contribution in [0.3, 0.4) is 0 Å². The summed E-state index contributed by atoms with van der Waals surface area (Å²) in [5.74, 6) is 0.777. The summed E-state index contributed by atoms with van der Waals surface area (Å²) in [6.45, 7) is 2.97. The fraction of sp³-hybridized carbons (Fsp3) is 0.400. The Morgan fingerprint density at radius 3 is 2.76 bits per heavy atom. The molecule has 6 heteroatoms. The minimum atomic E-state index is -0.0380. The van der Waals surface area contributed by atoms with E-state index in [1.165, 1.54) is 0 Å². The first-order valence-corrected chi connectivity index (χ1v) is 8.00. The van der Waals surface area contributed by atoms with Crippen LogP contribution in [0.4, 0.5) is 0 Å². The van der Waals surface area contributed by atoms with E-state index in [4.69, 9.17) is 16.3 Å². The largest absolute Gasteiger partial charge is 0.493 e. The first-order chi connectivity index (χ1) is 10.1. The van der Waals surface area contributed by atoms with Crippen molar-refractivity contribution in [1.82, 2.24) is 15.1 Å². The van der Waals surface area contributed by atoms with Crippen LogP contribution < -0.4 is 10.1 Å². The summed E-state index contributed by atoms with van der Waals surface area (Å²) < 4.78 is 8.40. The molecule has 0 aliphatic carbocycles. The molecule has 0 bridgehead atoms. The van der Waals surface area contributed by atoms with Gasteiger partial charge in [0.15, 0.2) is 5.75 Å². The summed E-state index contributed by atoms with van der Waals surface area (Å²) in [6, 6.07) is 5.84. The number of hydrogen-bond donors (Lipinski definition) is 1. The summed E-state index contributed by atoms with van der Waals surface area (Å²) in [4.78, 5) is 0. The number of nitrogens with zero attached hydrogens (tertiary/aromatic N) is 2. The van der Waals surface area contributed by atoms with E-state index >= 15 is 0 Å². The molecule has 0 amide bonds. The van der Waals surface area contributed by atoms with Gasteiger partial charge in [0.1, 0.15) is 5.69 Å². The quantitative estimate of drug-likeness (QED) is 0.832. The molecule has 1 N–H and O–H groups in total. The minimum absolute atomic E-state index is 0.0380. The van der Waals surface area contributed by atoms with Gasteiger partial charge in [-0.3, -0.25) is 4.68 Å². The van der Waals surface area contributed by atoms with Crippen LogP contribution in [0.5, 0.6) is 5.75 Å². The van der Waals surface area contributed by atoms with E-state index < -0.39 is 0 Å². The average molecular weight is 373 g/mol. The third kappa shape index (κ3) is 3.59. The Morgan fingerprint density at radius 2 is 2.19 bits per heavy atom. The Balaban J connectivity index is 2.52. The van der Waals surface area contributed by atoms with E-state index in [1.54, 1.807) is 13.3 Å². The van der Waals surface area contributed by atoms with Crippen LogP contribution in [0.15, 0.2) is 28.9 Å². The van der Waals surface area contributed by atoms with Crippen LogP contribution in [0.1, 0.15) is 30.6 Å². The molecule has 0 fully saturated rings. The maximum absolute atomic E-state index is 6.18. The first-order valence-electron chi connectivity index (χ1n) is 6.83. The number of ether oxygens (including phenoxy) is 1. The van der Waals surface area contributed by atoms with Gasteiger partial charge < -0.3 is 10.1 Å². The molecule has 4 nitrogen and oxygen atoms in total. The molecule has 1 unspecified atom stereocenters. The molecule has 0 spiro atoms. The van der Waals surface area contributed by atoms with Crippen LogP contribution >= 0.6 is 27.5 Å². The zero-order valence-electron chi connectivity index (χ0n) is 12.4. The van der Waals surface area contributed by atoms with Crippen LogP contribution in [-0.4, -0.2) is 23.9 Å². The number of methoxy groups -OCH3 is 1. The lowest BCUT2D eigenvalue weighted by Crippen LogP contribution is -2.22. The number of hydrogen-bond acceptors (Lipinski definition) is 3. The van der Waals surface area contributed by atoms with Crippen molar-refractivity contribution in [2.75, 3.05) is 14.2 Å². The summed E-state index contributed by atoms with van der Waals surface area (Å²) in [7, 11) is 3.58. The van der Waals surface area contributed by atoms with Crippen molar-refractivity contribution in [3.05, 3.63) is 45.1 Å². The van der Waals surface area contributed by atoms with Gasteiger partial charge in [-0.05, 0) is 37.2 Å². The highest BCUT2D eigenvalue weighted by Gasteiger charge is 2.22. The predicted octanol–water partition coefficient (Wildman–Crippen LogP) is 4.03. The summed E-state index contributed by atoms with van der Waals surface area (Å²) in [5, 5.41) is 8.45. The maximum Gasteiger partial charge on any atom is 0.161 e. The average Bonchev–Trinajstić information content (AvgIpc) is 2.82. The highest BCUT2D eigenvalue weighted by Crippen LogP contribution is 2.32. The first kappa shape index (κ1) is 16.3. The Kier molecular flexibility index (Phi) is 5.67. The molecule has 0 saturated carbocycles. The van der Waals surface area contributed by atoms with E-state index in [-0.39, 0.29) is 6.04 Å². The van der Waals surface area contributed by atoms with Crippen LogP contribution in [0.25, 0.3) is 0 Å². The number of aryl methyl sites for hydroxylation is 1. The fourth-order valence-corrected chi connectivity index (χ4v) is 3.31. The lowest BCUT2D eigenvalue weighted by molar-refractivity contribution is 0.400. The van der Waals surface area contributed by atoms with E-state index in [0.29, 0.717) is 5.02 Å². The van der Waals surface area contributed by atoms with Crippen molar-refractivity contribution in [3.8, 4) is 5.75 Å². The highest BCUT2D eigenvalue weighted by atomic mass is 79.9. The van der Waals surface area contributed by atoms with Gasteiger partial charge in [0.05, 0.1) is 19.3 Å². The van der Waals surface area contributed by atoms with Crippen molar-refractivity contribution in [1.29, 1.82) is 0 Å². The van der Waals surface area contributed by atoms with E-state index in [2.05, 4.69) is 39.3 Å².